The third kappa shape index (κ3) is 5.69. The molecule has 5 nitrogen and oxygen atoms in total. The molecule has 0 fully saturated rings. The first kappa shape index (κ1) is 13.0. The minimum atomic E-state index is -3.88. The van der Waals surface area contributed by atoms with Gasteiger partial charge in [0.25, 0.3) is 10.1 Å². The van der Waals surface area contributed by atoms with Crippen LogP contribution < -0.4 is 5.73 Å². The van der Waals surface area contributed by atoms with Crippen LogP contribution in [0, 0.1) is 0 Å². The third-order valence-electron chi connectivity index (χ3n) is 1.91. The lowest BCUT2D eigenvalue weighted by Gasteiger charge is -2.04. The standard InChI is InChI=1S/C10H15NO4S/c11-10-4-1-3-9(7-10)8-15-5-2-6-16(12,13)14/h1,3-4,7H,2,5-6,8,11H2,(H,12,13,14). The molecule has 16 heavy (non-hydrogen) atoms. The number of hydrogen-bond donors (Lipinski definition) is 2. The molecule has 0 bridgehead atoms. The van der Waals surface area contributed by atoms with Gasteiger partial charge in [-0.15, -0.1) is 0 Å². The van der Waals surface area contributed by atoms with Crippen LogP contribution in [0.25, 0.3) is 0 Å². The zero-order chi connectivity index (χ0) is 12.0. The quantitative estimate of drug-likeness (QED) is 0.444. The Morgan fingerprint density at radius 2 is 2.12 bits per heavy atom. The Kier molecular flexibility index (Phi) is 4.72. The zero-order valence-corrected chi connectivity index (χ0v) is 9.61. The van der Waals surface area contributed by atoms with Crippen molar-refractivity contribution in [3.05, 3.63) is 29.8 Å². The molecule has 3 N–H and O–H groups in total. The summed E-state index contributed by atoms with van der Waals surface area (Å²) in [6, 6.07) is 7.27. The lowest BCUT2D eigenvalue weighted by Crippen LogP contribution is -2.07. The van der Waals surface area contributed by atoms with Crippen LogP contribution in [0.5, 0.6) is 0 Å². The minimum Gasteiger partial charge on any atom is -0.399 e. The monoisotopic (exact) mass is 245 g/mol. The Morgan fingerprint density at radius 3 is 2.75 bits per heavy atom. The van der Waals surface area contributed by atoms with Crippen LogP contribution in [0.1, 0.15) is 12.0 Å². The number of rotatable bonds is 6. The van der Waals surface area contributed by atoms with Gasteiger partial charge in [-0.1, -0.05) is 12.1 Å². The number of anilines is 1. The van der Waals surface area contributed by atoms with Gasteiger partial charge in [0, 0.05) is 12.3 Å². The summed E-state index contributed by atoms with van der Waals surface area (Å²) in [5.74, 6) is -0.274. The largest absolute Gasteiger partial charge is 0.399 e. The molecule has 0 amide bonds. The molecule has 6 heteroatoms. The Hall–Kier alpha value is -1.11. The molecule has 0 spiro atoms. The molecule has 0 aliphatic carbocycles. The van der Waals surface area contributed by atoms with Crippen molar-refractivity contribution in [2.45, 2.75) is 13.0 Å². The highest BCUT2D eigenvalue weighted by Gasteiger charge is 2.03. The van der Waals surface area contributed by atoms with E-state index in [1.165, 1.54) is 0 Å². The second-order valence-electron chi connectivity index (χ2n) is 3.44. The summed E-state index contributed by atoms with van der Waals surface area (Å²) in [7, 11) is -3.88. The van der Waals surface area contributed by atoms with Gasteiger partial charge in [0.2, 0.25) is 0 Å². The molecule has 0 aliphatic rings. The predicted molar refractivity (Wildman–Crippen MR) is 61.5 cm³/mol. The van der Waals surface area contributed by atoms with Gasteiger partial charge in [-0.25, -0.2) is 0 Å². The average Bonchev–Trinajstić information content (AvgIpc) is 2.15. The highest BCUT2D eigenvalue weighted by molar-refractivity contribution is 7.85. The van der Waals surface area contributed by atoms with E-state index in [2.05, 4.69) is 0 Å². The molecule has 0 saturated carbocycles. The second kappa shape index (κ2) is 5.83. The SMILES string of the molecule is Nc1cccc(COCCCS(=O)(=O)O)c1. The fourth-order valence-electron chi connectivity index (χ4n) is 1.22. The van der Waals surface area contributed by atoms with E-state index in [-0.39, 0.29) is 18.8 Å². The van der Waals surface area contributed by atoms with Gasteiger partial charge < -0.3 is 10.5 Å². The molecule has 1 rings (SSSR count). The number of ether oxygens (including phenoxy) is 1. The van der Waals surface area contributed by atoms with Crippen molar-refractivity contribution < 1.29 is 17.7 Å². The lowest BCUT2D eigenvalue weighted by atomic mass is 10.2. The smallest absolute Gasteiger partial charge is 0.264 e. The van der Waals surface area contributed by atoms with Crippen molar-refractivity contribution in [3.8, 4) is 0 Å². The fraction of sp³-hybridized carbons (Fsp3) is 0.400. The molecule has 0 aliphatic heterocycles. The van der Waals surface area contributed by atoms with E-state index in [4.69, 9.17) is 15.0 Å². The van der Waals surface area contributed by atoms with Crippen LogP contribution in [0.15, 0.2) is 24.3 Å². The van der Waals surface area contributed by atoms with E-state index in [1.807, 2.05) is 12.1 Å². The van der Waals surface area contributed by atoms with Gasteiger partial charge in [-0.05, 0) is 24.1 Å². The van der Waals surface area contributed by atoms with Gasteiger partial charge in [0.05, 0.1) is 12.4 Å². The summed E-state index contributed by atoms with van der Waals surface area (Å²) < 4.78 is 34.5. The van der Waals surface area contributed by atoms with Crippen molar-refractivity contribution in [3.63, 3.8) is 0 Å². The van der Waals surface area contributed by atoms with Crippen LogP contribution >= 0.6 is 0 Å². The van der Waals surface area contributed by atoms with Gasteiger partial charge in [0.15, 0.2) is 0 Å². The van der Waals surface area contributed by atoms with Crippen molar-refractivity contribution in [1.29, 1.82) is 0 Å². The summed E-state index contributed by atoms with van der Waals surface area (Å²) in [6.07, 6.45) is 0.279. The number of hydrogen-bond acceptors (Lipinski definition) is 4. The molecule has 0 unspecified atom stereocenters. The van der Waals surface area contributed by atoms with E-state index >= 15 is 0 Å². The Balaban J connectivity index is 2.21. The summed E-state index contributed by atoms with van der Waals surface area (Å²) >= 11 is 0. The molecular weight excluding hydrogens is 230 g/mol. The maximum Gasteiger partial charge on any atom is 0.264 e. The van der Waals surface area contributed by atoms with Crippen LogP contribution in [-0.2, 0) is 21.5 Å². The summed E-state index contributed by atoms with van der Waals surface area (Å²) in [5, 5.41) is 0. The van der Waals surface area contributed by atoms with E-state index in [0.717, 1.165) is 5.56 Å². The first-order chi connectivity index (χ1) is 7.47. The van der Waals surface area contributed by atoms with Gasteiger partial charge in [0.1, 0.15) is 0 Å². The van der Waals surface area contributed by atoms with Gasteiger partial charge >= 0.3 is 0 Å². The molecule has 0 saturated heterocycles. The highest BCUT2D eigenvalue weighted by Crippen LogP contribution is 2.07. The zero-order valence-electron chi connectivity index (χ0n) is 8.80. The summed E-state index contributed by atoms with van der Waals surface area (Å²) in [5.41, 5.74) is 7.18. The first-order valence-corrected chi connectivity index (χ1v) is 6.45. The Bertz CT molecular complexity index is 430. The van der Waals surface area contributed by atoms with Gasteiger partial charge in [-0.2, -0.15) is 8.42 Å². The summed E-state index contributed by atoms with van der Waals surface area (Å²) in [4.78, 5) is 0. The fourth-order valence-corrected chi connectivity index (χ4v) is 1.70. The topological polar surface area (TPSA) is 89.6 Å². The van der Waals surface area contributed by atoms with E-state index in [0.29, 0.717) is 12.3 Å². The van der Waals surface area contributed by atoms with Crippen molar-refractivity contribution >= 4 is 15.8 Å². The molecule has 1 aromatic carbocycles. The number of nitrogen functional groups attached to an aromatic ring is 1. The van der Waals surface area contributed by atoms with Crippen molar-refractivity contribution in [1.82, 2.24) is 0 Å². The average molecular weight is 245 g/mol. The maximum atomic E-state index is 10.4. The van der Waals surface area contributed by atoms with Crippen LogP contribution in [0.4, 0.5) is 5.69 Å². The normalized spacial score (nSPS) is 11.6. The molecule has 0 heterocycles. The molecule has 0 radical (unpaired) electrons. The Labute approximate surface area is 95.0 Å². The predicted octanol–water partition coefficient (Wildman–Crippen LogP) is 1.06. The van der Waals surface area contributed by atoms with E-state index in [1.54, 1.807) is 12.1 Å². The molecule has 1 aromatic rings. The number of benzene rings is 1. The van der Waals surface area contributed by atoms with Crippen molar-refractivity contribution in [2.75, 3.05) is 18.1 Å². The summed E-state index contributed by atoms with van der Waals surface area (Å²) in [6.45, 7) is 0.672. The molecular formula is C10H15NO4S. The molecule has 0 atom stereocenters. The highest BCUT2D eigenvalue weighted by atomic mass is 32.2. The third-order valence-corrected chi connectivity index (χ3v) is 2.72. The Morgan fingerprint density at radius 1 is 1.38 bits per heavy atom. The maximum absolute atomic E-state index is 10.4. The van der Waals surface area contributed by atoms with Crippen molar-refractivity contribution in [2.24, 2.45) is 0 Å². The lowest BCUT2D eigenvalue weighted by molar-refractivity contribution is 0.121. The van der Waals surface area contributed by atoms with E-state index < -0.39 is 10.1 Å². The van der Waals surface area contributed by atoms with E-state index in [9.17, 15) is 8.42 Å². The van der Waals surface area contributed by atoms with Gasteiger partial charge in [-0.3, -0.25) is 4.55 Å². The van der Waals surface area contributed by atoms with Crippen LogP contribution in [-0.4, -0.2) is 25.3 Å². The molecule has 0 aromatic heterocycles. The first-order valence-electron chi connectivity index (χ1n) is 4.85. The minimum absolute atomic E-state index is 0.274. The molecule has 90 valence electrons. The van der Waals surface area contributed by atoms with Crippen LogP contribution in [0.2, 0.25) is 0 Å². The second-order valence-corrected chi connectivity index (χ2v) is 5.01. The number of nitrogens with two attached hydrogens (primary N) is 1. The van der Waals surface area contributed by atoms with Crippen LogP contribution in [0.3, 0.4) is 0 Å².